The standard InChI is InChI=1S/C8H7I2NO2/c1-13-8(11)4-2-5(9)7(12)6(10)3-4/h2-3,11-12H,1H3. The van der Waals surface area contributed by atoms with Crippen molar-refractivity contribution in [1.29, 1.82) is 5.41 Å². The smallest absolute Gasteiger partial charge is 0.212 e. The molecule has 0 unspecified atom stereocenters. The third-order valence-corrected chi connectivity index (χ3v) is 3.13. The van der Waals surface area contributed by atoms with Crippen molar-refractivity contribution in [3.05, 3.63) is 24.8 Å². The first-order chi connectivity index (χ1) is 6.06. The molecule has 0 atom stereocenters. The van der Waals surface area contributed by atoms with E-state index < -0.39 is 0 Å². The van der Waals surface area contributed by atoms with E-state index in [1.165, 1.54) is 7.11 Å². The summed E-state index contributed by atoms with van der Waals surface area (Å²) in [6, 6.07) is 3.42. The van der Waals surface area contributed by atoms with Crippen LogP contribution < -0.4 is 0 Å². The van der Waals surface area contributed by atoms with Gasteiger partial charge in [-0.05, 0) is 57.3 Å². The van der Waals surface area contributed by atoms with Crippen molar-refractivity contribution < 1.29 is 9.84 Å². The van der Waals surface area contributed by atoms with E-state index >= 15 is 0 Å². The molecule has 0 aliphatic carbocycles. The number of ether oxygens (including phenoxy) is 1. The predicted octanol–water partition coefficient (Wildman–Crippen LogP) is 2.57. The molecule has 1 aromatic rings. The molecule has 1 aromatic carbocycles. The van der Waals surface area contributed by atoms with E-state index in [1.54, 1.807) is 12.1 Å². The van der Waals surface area contributed by atoms with Crippen LogP contribution in [0.2, 0.25) is 0 Å². The van der Waals surface area contributed by atoms with Gasteiger partial charge >= 0.3 is 0 Å². The van der Waals surface area contributed by atoms with Crippen LogP contribution in [0.3, 0.4) is 0 Å². The molecule has 0 bridgehead atoms. The Morgan fingerprint density at radius 3 is 2.23 bits per heavy atom. The molecule has 2 N–H and O–H groups in total. The summed E-state index contributed by atoms with van der Waals surface area (Å²) < 4.78 is 6.23. The molecule has 0 saturated heterocycles. The van der Waals surface area contributed by atoms with Crippen LogP contribution in [0, 0.1) is 12.5 Å². The van der Waals surface area contributed by atoms with Crippen LogP contribution >= 0.6 is 45.2 Å². The molecule has 0 aromatic heterocycles. The Kier molecular flexibility index (Phi) is 3.77. The number of methoxy groups -OCH3 is 1. The number of rotatable bonds is 1. The van der Waals surface area contributed by atoms with E-state index in [9.17, 15) is 5.11 Å². The van der Waals surface area contributed by atoms with E-state index in [0.29, 0.717) is 5.56 Å². The van der Waals surface area contributed by atoms with Crippen molar-refractivity contribution in [2.75, 3.05) is 7.11 Å². The van der Waals surface area contributed by atoms with Crippen LogP contribution in [0.5, 0.6) is 5.75 Å². The van der Waals surface area contributed by atoms with E-state index in [1.807, 2.05) is 45.2 Å². The van der Waals surface area contributed by atoms with Gasteiger partial charge in [-0.25, -0.2) is 0 Å². The van der Waals surface area contributed by atoms with Gasteiger partial charge in [0.2, 0.25) is 5.90 Å². The minimum Gasteiger partial charge on any atom is -0.506 e. The van der Waals surface area contributed by atoms with Gasteiger partial charge in [0, 0.05) is 5.56 Å². The Bertz CT molecular complexity index is 329. The molecular formula is C8H7I2NO2. The zero-order valence-electron chi connectivity index (χ0n) is 6.77. The second-order valence-corrected chi connectivity index (χ2v) is 4.65. The summed E-state index contributed by atoms with van der Waals surface area (Å²) in [5.74, 6) is 0.365. The average molecular weight is 403 g/mol. The van der Waals surface area contributed by atoms with Crippen LogP contribution in [0.4, 0.5) is 0 Å². The van der Waals surface area contributed by atoms with Crippen molar-refractivity contribution in [1.82, 2.24) is 0 Å². The summed E-state index contributed by atoms with van der Waals surface area (Å²) in [5.41, 5.74) is 0.675. The van der Waals surface area contributed by atoms with Gasteiger partial charge in [0.25, 0.3) is 0 Å². The summed E-state index contributed by atoms with van der Waals surface area (Å²) in [4.78, 5) is 0. The lowest BCUT2D eigenvalue weighted by Crippen LogP contribution is -2.02. The van der Waals surface area contributed by atoms with E-state index in [2.05, 4.69) is 0 Å². The number of nitrogens with one attached hydrogen (secondary N) is 1. The van der Waals surface area contributed by atoms with E-state index in [0.717, 1.165) is 7.14 Å². The molecular weight excluding hydrogens is 396 g/mol. The van der Waals surface area contributed by atoms with E-state index in [-0.39, 0.29) is 11.6 Å². The van der Waals surface area contributed by atoms with Crippen LogP contribution in [0.25, 0.3) is 0 Å². The molecule has 5 heteroatoms. The highest BCUT2D eigenvalue weighted by Crippen LogP contribution is 2.27. The predicted molar refractivity (Wildman–Crippen MR) is 67.4 cm³/mol. The van der Waals surface area contributed by atoms with Crippen molar-refractivity contribution in [2.24, 2.45) is 0 Å². The first kappa shape index (κ1) is 11.0. The maximum atomic E-state index is 9.46. The Labute approximate surface area is 103 Å². The van der Waals surface area contributed by atoms with Crippen molar-refractivity contribution in [3.8, 4) is 5.75 Å². The fourth-order valence-corrected chi connectivity index (χ4v) is 2.58. The molecule has 0 fully saturated rings. The quantitative estimate of drug-likeness (QED) is 0.431. The number of hydrogen-bond donors (Lipinski definition) is 2. The second kappa shape index (κ2) is 4.45. The lowest BCUT2D eigenvalue weighted by molar-refractivity contribution is 0.401. The highest BCUT2D eigenvalue weighted by molar-refractivity contribution is 14.1. The number of aromatic hydroxyl groups is 1. The lowest BCUT2D eigenvalue weighted by atomic mass is 10.2. The normalized spacial score (nSPS) is 9.77. The highest BCUT2D eigenvalue weighted by Gasteiger charge is 2.08. The third-order valence-electron chi connectivity index (χ3n) is 1.48. The Hall–Kier alpha value is -0.0500. The number of halogens is 2. The summed E-state index contributed by atoms with van der Waals surface area (Å²) in [6.07, 6.45) is 0. The molecule has 13 heavy (non-hydrogen) atoms. The molecule has 3 nitrogen and oxygen atoms in total. The van der Waals surface area contributed by atoms with Crippen LogP contribution in [-0.4, -0.2) is 18.1 Å². The van der Waals surface area contributed by atoms with Gasteiger partial charge in [0.05, 0.1) is 14.3 Å². The van der Waals surface area contributed by atoms with Crippen LogP contribution in [-0.2, 0) is 4.74 Å². The lowest BCUT2D eigenvalue weighted by Gasteiger charge is -2.05. The molecule has 0 aliphatic rings. The van der Waals surface area contributed by atoms with Crippen molar-refractivity contribution in [3.63, 3.8) is 0 Å². The summed E-state index contributed by atoms with van der Waals surface area (Å²) in [7, 11) is 1.45. The highest BCUT2D eigenvalue weighted by atomic mass is 127. The van der Waals surface area contributed by atoms with Gasteiger partial charge in [-0.3, -0.25) is 5.41 Å². The SMILES string of the molecule is COC(=N)c1cc(I)c(O)c(I)c1. The van der Waals surface area contributed by atoms with Crippen molar-refractivity contribution in [2.45, 2.75) is 0 Å². The van der Waals surface area contributed by atoms with Crippen molar-refractivity contribution >= 4 is 51.1 Å². The van der Waals surface area contributed by atoms with E-state index in [4.69, 9.17) is 10.1 Å². The fourth-order valence-electron chi connectivity index (χ4n) is 0.814. The molecule has 0 spiro atoms. The monoisotopic (exact) mass is 403 g/mol. The summed E-state index contributed by atoms with van der Waals surface area (Å²) in [6.45, 7) is 0. The van der Waals surface area contributed by atoms with Gasteiger partial charge in [-0.2, -0.15) is 0 Å². The van der Waals surface area contributed by atoms with Gasteiger partial charge in [-0.1, -0.05) is 0 Å². The Morgan fingerprint density at radius 1 is 1.38 bits per heavy atom. The summed E-state index contributed by atoms with van der Waals surface area (Å²) >= 11 is 4.04. The third kappa shape index (κ3) is 2.46. The fraction of sp³-hybridized carbons (Fsp3) is 0.125. The average Bonchev–Trinajstić information content (AvgIpc) is 2.12. The molecule has 0 radical (unpaired) electrons. The number of benzene rings is 1. The zero-order valence-corrected chi connectivity index (χ0v) is 11.1. The van der Waals surface area contributed by atoms with Gasteiger partial charge in [-0.15, -0.1) is 0 Å². The number of phenols is 1. The summed E-state index contributed by atoms with van der Waals surface area (Å²) in [5, 5.41) is 16.9. The molecule has 0 heterocycles. The first-order valence-electron chi connectivity index (χ1n) is 3.37. The molecule has 1 rings (SSSR count). The minimum atomic E-state index is 0.107. The largest absolute Gasteiger partial charge is 0.506 e. The Balaban J connectivity index is 3.20. The maximum Gasteiger partial charge on any atom is 0.212 e. The van der Waals surface area contributed by atoms with Crippen LogP contribution in [0.1, 0.15) is 5.56 Å². The van der Waals surface area contributed by atoms with Gasteiger partial charge in [0.1, 0.15) is 5.75 Å². The molecule has 70 valence electrons. The molecule has 0 amide bonds. The van der Waals surface area contributed by atoms with Gasteiger partial charge < -0.3 is 9.84 Å². The number of hydrogen-bond acceptors (Lipinski definition) is 3. The van der Waals surface area contributed by atoms with Crippen LogP contribution in [0.15, 0.2) is 12.1 Å². The first-order valence-corrected chi connectivity index (χ1v) is 5.53. The van der Waals surface area contributed by atoms with Gasteiger partial charge in [0.15, 0.2) is 0 Å². The topological polar surface area (TPSA) is 53.3 Å². The number of phenolic OH excluding ortho intramolecular Hbond substituents is 1. The second-order valence-electron chi connectivity index (χ2n) is 2.32. The molecule has 0 aliphatic heterocycles. The minimum absolute atomic E-state index is 0.107. The Morgan fingerprint density at radius 2 is 1.85 bits per heavy atom. The zero-order chi connectivity index (χ0) is 10.0. The maximum absolute atomic E-state index is 9.46. The molecule has 0 saturated carbocycles.